The number of hydrogen-bond acceptors (Lipinski definition) is 8. The number of piperidine rings is 2. The van der Waals surface area contributed by atoms with Gasteiger partial charge < -0.3 is 10.2 Å². The summed E-state index contributed by atoms with van der Waals surface area (Å²) in [5.74, 6) is -0.340. The zero-order chi connectivity index (χ0) is 34.2. The fraction of sp³-hybridized carbons (Fsp3) is 0.367. The normalized spacial score (nSPS) is 18.5. The number of carbonyl (C=O) groups is 1. The van der Waals surface area contributed by atoms with Crippen LogP contribution in [0.4, 0.5) is 5.69 Å². The predicted molar refractivity (Wildman–Crippen MR) is 188 cm³/mol. The number of rotatable bonds is 5. The third-order valence-corrected chi connectivity index (χ3v) is 9.77. The van der Waals surface area contributed by atoms with Crippen molar-refractivity contribution in [2.45, 2.75) is 50.6 Å². The fourth-order valence-corrected chi connectivity index (χ4v) is 7.61. The molecule has 7 rings (SSSR count). The van der Waals surface area contributed by atoms with Gasteiger partial charge in [-0.3, -0.25) is 9.52 Å². The van der Waals surface area contributed by atoms with E-state index in [0.29, 0.717) is 56.5 Å². The third-order valence-electron chi connectivity index (χ3n) is 8.02. The van der Waals surface area contributed by atoms with Crippen molar-refractivity contribution in [3.8, 4) is 0 Å². The van der Waals surface area contributed by atoms with Crippen molar-refractivity contribution in [1.82, 2.24) is 39.4 Å². The Labute approximate surface area is 301 Å². The number of halogens is 5. The molecule has 0 bridgehead atoms. The summed E-state index contributed by atoms with van der Waals surface area (Å²) in [5, 5.41) is 14.2. The van der Waals surface area contributed by atoms with E-state index in [0.717, 1.165) is 37.8 Å². The van der Waals surface area contributed by atoms with Gasteiger partial charge in [-0.25, -0.2) is 27.4 Å². The van der Waals surface area contributed by atoms with Crippen molar-refractivity contribution in [2.75, 3.05) is 24.1 Å². The number of fused-ring (bicyclic) bond motifs is 2. The highest BCUT2D eigenvalue weighted by Gasteiger charge is 2.32. The highest BCUT2D eigenvalue weighted by Crippen LogP contribution is 2.34. The summed E-state index contributed by atoms with van der Waals surface area (Å²) in [4.78, 5) is 23.6. The number of sulfonamides is 1. The molecule has 2 fully saturated rings. The number of benzene rings is 1. The first-order chi connectivity index (χ1) is 22.9. The maximum atomic E-state index is 13.5. The molecule has 2 atom stereocenters. The first-order valence-electron chi connectivity index (χ1n) is 15.1. The first kappa shape index (κ1) is 34.9. The lowest BCUT2D eigenvalue weighted by Crippen LogP contribution is -2.39. The Balaban J connectivity index is 0.000000198. The number of anilines is 1. The zero-order valence-electron chi connectivity index (χ0n) is 25.5. The molecule has 0 radical (unpaired) electrons. The molecular weight excluding hydrogens is 744 g/mol. The SMILES string of the molecule is CS(=O)(=O)Nc1ccc(Cl)cc1C(=O)N1CCCC[C@H]1c1cc2nc(Cl)cc(Cl)n2n1.Clc1cc(Cl)n2nc([C@@H]3CCCCN3)cc2n1. The second-order valence-electron chi connectivity index (χ2n) is 11.6. The number of nitrogens with zero attached hydrogens (tertiary/aromatic N) is 7. The van der Waals surface area contributed by atoms with Crippen molar-refractivity contribution in [3.63, 3.8) is 0 Å². The summed E-state index contributed by atoms with van der Waals surface area (Å²) in [6.07, 6.45) is 7.01. The quantitative estimate of drug-likeness (QED) is 0.178. The smallest absolute Gasteiger partial charge is 0.256 e. The number of hydrogen-bond donors (Lipinski definition) is 2. The second kappa shape index (κ2) is 14.5. The molecule has 1 aromatic carbocycles. The topological polar surface area (TPSA) is 139 Å². The van der Waals surface area contributed by atoms with E-state index in [1.165, 1.54) is 41.6 Å². The Morgan fingerprint density at radius 1 is 0.833 bits per heavy atom. The molecule has 2 aliphatic rings. The van der Waals surface area contributed by atoms with E-state index in [1.807, 2.05) is 6.07 Å². The summed E-state index contributed by atoms with van der Waals surface area (Å²) < 4.78 is 29.0. The van der Waals surface area contributed by atoms with Crippen molar-refractivity contribution in [2.24, 2.45) is 0 Å². The lowest BCUT2D eigenvalue weighted by atomic mass is 9.98. The number of likely N-dealkylation sites (tertiary alicyclic amines) is 1. The monoisotopic (exact) mass is 771 g/mol. The Morgan fingerprint density at radius 3 is 2.08 bits per heavy atom. The van der Waals surface area contributed by atoms with E-state index in [2.05, 4.69) is 30.2 Å². The van der Waals surface area contributed by atoms with Gasteiger partial charge >= 0.3 is 0 Å². The fourth-order valence-electron chi connectivity index (χ4n) is 5.91. The lowest BCUT2D eigenvalue weighted by Gasteiger charge is -2.35. The van der Waals surface area contributed by atoms with Gasteiger partial charge in [0.2, 0.25) is 10.0 Å². The minimum absolute atomic E-state index is 0.174. The van der Waals surface area contributed by atoms with E-state index in [4.69, 9.17) is 58.0 Å². The van der Waals surface area contributed by atoms with Gasteiger partial charge in [0.25, 0.3) is 5.91 Å². The molecule has 0 unspecified atom stereocenters. The van der Waals surface area contributed by atoms with Gasteiger partial charge in [0.05, 0.1) is 41.0 Å². The Morgan fingerprint density at radius 2 is 1.46 bits per heavy atom. The number of nitrogens with one attached hydrogen (secondary N) is 2. The minimum atomic E-state index is -3.58. The van der Waals surface area contributed by atoms with Crippen LogP contribution in [0.3, 0.4) is 0 Å². The van der Waals surface area contributed by atoms with Crippen molar-refractivity contribution in [1.29, 1.82) is 0 Å². The maximum Gasteiger partial charge on any atom is 0.256 e. The van der Waals surface area contributed by atoms with Crippen LogP contribution in [0.5, 0.6) is 0 Å². The molecule has 6 heterocycles. The van der Waals surface area contributed by atoms with Gasteiger partial charge in [0.15, 0.2) is 11.3 Å². The molecule has 0 spiro atoms. The largest absolute Gasteiger partial charge is 0.330 e. The molecule has 4 aromatic heterocycles. The molecule has 2 saturated heterocycles. The average molecular weight is 774 g/mol. The van der Waals surface area contributed by atoms with Gasteiger partial charge in [-0.05, 0) is 56.8 Å². The standard InChI is InChI=1S/C19H18Cl3N5O3S.C11H12Cl2N4/c1-31(29,30)25-13-6-5-11(20)8-12(13)19(28)26-7-3-2-4-15(26)14-9-18-23-16(21)10-17(22)27(18)24-14;12-9-6-10(13)17-11(15-9)5-8(16-17)7-3-1-2-4-14-7/h5-6,8-10,15,25H,2-4,7H2,1H3;5-7,14H,1-4H2/t15-;7-/m00/s1. The van der Waals surface area contributed by atoms with Crippen LogP contribution < -0.4 is 10.0 Å². The summed E-state index contributed by atoms with van der Waals surface area (Å²) in [6, 6.07) is 11.2. The summed E-state index contributed by atoms with van der Waals surface area (Å²) in [7, 11) is -3.58. The van der Waals surface area contributed by atoms with Crippen molar-refractivity contribution >= 4 is 90.9 Å². The first-order valence-corrected chi connectivity index (χ1v) is 18.9. The van der Waals surface area contributed by atoms with Gasteiger partial charge in [0.1, 0.15) is 20.6 Å². The van der Waals surface area contributed by atoms with Gasteiger partial charge in [-0.15, -0.1) is 0 Å². The number of carbonyl (C=O) groups excluding carboxylic acids is 1. The highest BCUT2D eigenvalue weighted by molar-refractivity contribution is 7.92. The van der Waals surface area contributed by atoms with Crippen molar-refractivity contribution < 1.29 is 13.2 Å². The zero-order valence-corrected chi connectivity index (χ0v) is 30.1. The van der Waals surface area contributed by atoms with Crippen LogP contribution >= 0.6 is 58.0 Å². The van der Waals surface area contributed by atoms with E-state index >= 15 is 0 Å². The van der Waals surface area contributed by atoms with E-state index in [9.17, 15) is 13.2 Å². The predicted octanol–water partition coefficient (Wildman–Crippen LogP) is 7.28. The van der Waals surface area contributed by atoms with E-state index in [1.54, 1.807) is 21.5 Å². The van der Waals surface area contributed by atoms with E-state index in [-0.39, 0.29) is 28.4 Å². The molecule has 2 N–H and O–H groups in total. The Kier molecular flexibility index (Phi) is 10.6. The molecule has 48 heavy (non-hydrogen) atoms. The number of amides is 1. The average Bonchev–Trinajstić information content (AvgIpc) is 3.67. The molecule has 0 aliphatic carbocycles. The second-order valence-corrected chi connectivity index (χ2v) is 15.3. The molecule has 18 heteroatoms. The maximum absolute atomic E-state index is 13.5. The lowest BCUT2D eigenvalue weighted by molar-refractivity contribution is 0.0607. The summed E-state index contributed by atoms with van der Waals surface area (Å²) in [6.45, 7) is 1.53. The summed E-state index contributed by atoms with van der Waals surface area (Å²) in [5.41, 5.74) is 3.14. The Bertz CT molecular complexity index is 2100. The molecule has 254 valence electrons. The molecule has 12 nitrogen and oxygen atoms in total. The van der Waals surface area contributed by atoms with Crippen LogP contribution in [0, 0.1) is 0 Å². The number of aromatic nitrogens is 6. The summed E-state index contributed by atoms with van der Waals surface area (Å²) >= 11 is 30.3. The van der Waals surface area contributed by atoms with Gasteiger partial charge in [-0.1, -0.05) is 64.4 Å². The minimum Gasteiger partial charge on any atom is -0.330 e. The van der Waals surface area contributed by atoms with Gasteiger partial charge in [-0.2, -0.15) is 10.2 Å². The van der Waals surface area contributed by atoms with E-state index < -0.39 is 10.0 Å². The molecule has 0 saturated carbocycles. The van der Waals surface area contributed by atoms with Crippen LogP contribution in [0.25, 0.3) is 11.3 Å². The molecular formula is C30H30Cl5N9O3S. The van der Waals surface area contributed by atoms with Crippen LogP contribution in [-0.2, 0) is 10.0 Å². The molecule has 1 amide bonds. The molecule has 5 aromatic rings. The van der Waals surface area contributed by atoms with Crippen LogP contribution in [-0.4, -0.2) is 67.8 Å². The van der Waals surface area contributed by atoms with Crippen molar-refractivity contribution in [3.05, 3.63) is 85.1 Å². The highest BCUT2D eigenvalue weighted by atomic mass is 35.5. The molecule has 2 aliphatic heterocycles. The van der Waals surface area contributed by atoms with Crippen LogP contribution in [0.2, 0.25) is 25.6 Å². The van der Waals surface area contributed by atoms with Gasteiger partial charge in [0, 0.05) is 35.8 Å². The van der Waals surface area contributed by atoms with Crippen LogP contribution in [0.15, 0.2) is 42.5 Å². The Hall–Kier alpha value is -2.91. The third kappa shape index (κ3) is 7.93. The van der Waals surface area contributed by atoms with Crippen LogP contribution in [0.1, 0.15) is 72.4 Å².